The van der Waals surface area contributed by atoms with Crippen molar-refractivity contribution in [1.82, 2.24) is 30.0 Å². The smallest absolute Gasteiger partial charge is 0.240 e. The monoisotopic (exact) mass is 388 g/mol. The molecule has 3 heterocycles. The van der Waals surface area contributed by atoms with Crippen molar-refractivity contribution in [2.45, 2.75) is 50.1 Å². The van der Waals surface area contributed by atoms with Crippen molar-refractivity contribution in [1.29, 1.82) is 0 Å². The number of nitrogens with one attached hydrogen (secondary N) is 2. The van der Waals surface area contributed by atoms with Gasteiger partial charge in [-0.1, -0.05) is 19.3 Å². The van der Waals surface area contributed by atoms with E-state index in [9.17, 15) is 9.59 Å². The Bertz CT molecular complexity index is 716. The molecule has 1 aromatic heterocycles. The Morgan fingerprint density at radius 1 is 1.18 bits per heavy atom. The fourth-order valence-corrected chi connectivity index (χ4v) is 4.91. The Morgan fingerprint density at radius 3 is 2.57 bits per heavy atom. The van der Waals surface area contributed by atoms with Crippen molar-refractivity contribution in [3.8, 4) is 0 Å². The fraction of sp³-hybridized carbons (Fsp3) is 0.750. The highest BCUT2D eigenvalue weighted by Gasteiger charge is 2.45. The zero-order valence-electron chi connectivity index (χ0n) is 17.0. The number of carbonyl (C=O) groups excluding carboxylic acids is 2. The van der Waals surface area contributed by atoms with E-state index in [4.69, 9.17) is 0 Å². The van der Waals surface area contributed by atoms with Crippen molar-refractivity contribution < 1.29 is 9.59 Å². The zero-order chi connectivity index (χ0) is 19.7. The first-order chi connectivity index (χ1) is 13.5. The minimum atomic E-state index is -0.194. The van der Waals surface area contributed by atoms with Gasteiger partial charge >= 0.3 is 0 Å². The molecule has 3 aliphatic rings. The number of piperazine rings is 1. The fourth-order valence-electron chi connectivity index (χ4n) is 4.91. The average Bonchev–Trinajstić information content (AvgIpc) is 3.18. The lowest BCUT2D eigenvalue weighted by Gasteiger charge is -2.45. The first-order valence-electron chi connectivity index (χ1n) is 10.5. The number of fused-ring (bicyclic) bond motifs is 2. The van der Waals surface area contributed by atoms with Gasteiger partial charge in [0.25, 0.3) is 0 Å². The third-order valence-corrected chi connectivity index (χ3v) is 6.58. The van der Waals surface area contributed by atoms with Crippen LogP contribution in [0.15, 0.2) is 6.33 Å². The van der Waals surface area contributed by atoms with Gasteiger partial charge < -0.3 is 14.8 Å². The molecule has 1 saturated carbocycles. The van der Waals surface area contributed by atoms with E-state index >= 15 is 0 Å². The number of hydrogen-bond donors (Lipinski definition) is 2. The molecule has 1 aromatic rings. The Kier molecular flexibility index (Phi) is 5.42. The van der Waals surface area contributed by atoms with Crippen LogP contribution < -0.4 is 5.32 Å². The van der Waals surface area contributed by atoms with Gasteiger partial charge in [0.1, 0.15) is 0 Å². The summed E-state index contributed by atoms with van der Waals surface area (Å²) < 4.78 is 0. The predicted molar refractivity (Wildman–Crippen MR) is 106 cm³/mol. The molecule has 8 nitrogen and oxygen atoms in total. The van der Waals surface area contributed by atoms with Crippen LogP contribution in [0, 0.1) is 0 Å². The minimum absolute atomic E-state index is 0.111. The number of amides is 2. The third kappa shape index (κ3) is 3.67. The average molecular weight is 389 g/mol. The summed E-state index contributed by atoms with van der Waals surface area (Å²) in [7, 11) is 3.56. The molecule has 8 heteroatoms. The van der Waals surface area contributed by atoms with Gasteiger partial charge in [-0.15, -0.1) is 0 Å². The van der Waals surface area contributed by atoms with E-state index in [-0.39, 0.29) is 23.4 Å². The highest BCUT2D eigenvalue weighted by atomic mass is 16.2. The summed E-state index contributed by atoms with van der Waals surface area (Å²) in [5.41, 5.74) is 2.10. The van der Waals surface area contributed by atoms with E-state index in [1.54, 1.807) is 25.3 Å². The third-order valence-electron chi connectivity index (χ3n) is 6.58. The van der Waals surface area contributed by atoms with E-state index in [2.05, 4.69) is 20.2 Å². The molecule has 1 saturated heterocycles. The summed E-state index contributed by atoms with van der Waals surface area (Å²) in [5.74, 6) is 0.295. The molecule has 1 spiro atoms. The lowest BCUT2D eigenvalue weighted by molar-refractivity contribution is -0.137. The van der Waals surface area contributed by atoms with Crippen molar-refractivity contribution >= 4 is 11.8 Å². The Balaban J connectivity index is 1.40. The molecule has 2 aliphatic heterocycles. The standard InChI is InChI=1S/C20H32N6O2/c1-24(2)17(27)13-25-8-10-26(11-9-25)19(28)16-12-15-18(22-14-21-15)20(23-16)6-4-3-5-7-20/h14,16,23H,3-13H2,1-2H3,(H,21,22)/t16-/m0/s1. The molecule has 2 N–H and O–H groups in total. The molecular formula is C20H32N6O2. The number of likely N-dealkylation sites (N-methyl/N-ethyl adjacent to an activating group) is 1. The topological polar surface area (TPSA) is 84.6 Å². The van der Waals surface area contributed by atoms with Gasteiger partial charge in [0, 0.05) is 52.4 Å². The second-order valence-corrected chi connectivity index (χ2v) is 8.66. The van der Waals surface area contributed by atoms with Crippen LogP contribution in [0.3, 0.4) is 0 Å². The second-order valence-electron chi connectivity index (χ2n) is 8.66. The Hall–Kier alpha value is -1.93. The van der Waals surface area contributed by atoms with Gasteiger partial charge in [-0.2, -0.15) is 0 Å². The maximum Gasteiger partial charge on any atom is 0.240 e. The van der Waals surface area contributed by atoms with Gasteiger partial charge in [-0.05, 0) is 12.8 Å². The molecule has 0 radical (unpaired) electrons. The predicted octanol–water partition coefficient (Wildman–Crippen LogP) is 0.316. The maximum atomic E-state index is 13.3. The van der Waals surface area contributed by atoms with Gasteiger partial charge in [0.15, 0.2) is 0 Å². The lowest BCUT2D eigenvalue weighted by Crippen LogP contribution is -2.61. The summed E-state index contributed by atoms with van der Waals surface area (Å²) >= 11 is 0. The summed E-state index contributed by atoms with van der Waals surface area (Å²) in [6.07, 6.45) is 8.17. The molecule has 154 valence electrons. The largest absolute Gasteiger partial charge is 0.348 e. The van der Waals surface area contributed by atoms with Gasteiger partial charge in [0.2, 0.25) is 11.8 Å². The highest BCUT2D eigenvalue weighted by molar-refractivity contribution is 5.83. The van der Waals surface area contributed by atoms with Crippen LogP contribution in [0.2, 0.25) is 0 Å². The molecule has 0 bridgehead atoms. The minimum Gasteiger partial charge on any atom is -0.348 e. The number of imidazole rings is 1. The SMILES string of the molecule is CN(C)C(=O)CN1CCN(C(=O)[C@@H]2Cc3[nH]cnc3C3(CCCCC3)N2)CC1. The van der Waals surface area contributed by atoms with Crippen molar-refractivity contribution in [3.63, 3.8) is 0 Å². The number of hydrogen-bond acceptors (Lipinski definition) is 5. The van der Waals surface area contributed by atoms with Crippen LogP contribution >= 0.6 is 0 Å². The van der Waals surface area contributed by atoms with Crippen molar-refractivity contribution in [2.75, 3.05) is 46.8 Å². The van der Waals surface area contributed by atoms with E-state index in [0.29, 0.717) is 26.1 Å². The van der Waals surface area contributed by atoms with Crippen LogP contribution in [0.4, 0.5) is 0 Å². The van der Waals surface area contributed by atoms with E-state index in [1.807, 2.05) is 4.90 Å². The van der Waals surface area contributed by atoms with Gasteiger partial charge in [0.05, 0.1) is 30.1 Å². The number of aromatic amines is 1. The van der Waals surface area contributed by atoms with Gasteiger partial charge in [-0.25, -0.2) is 4.98 Å². The van der Waals surface area contributed by atoms with Crippen LogP contribution in [-0.4, -0.2) is 89.3 Å². The zero-order valence-corrected chi connectivity index (χ0v) is 17.0. The molecule has 28 heavy (non-hydrogen) atoms. The quantitative estimate of drug-likeness (QED) is 0.779. The summed E-state index contributed by atoms with van der Waals surface area (Å²) in [4.78, 5) is 38.8. The summed E-state index contributed by atoms with van der Waals surface area (Å²) in [6.45, 7) is 3.29. The molecule has 0 unspecified atom stereocenters. The van der Waals surface area contributed by atoms with Crippen LogP contribution in [0.25, 0.3) is 0 Å². The number of rotatable bonds is 3. The second kappa shape index (κ2) is 7.83. The molecule has 2 amide bonds. The van der Waals surface area contributed by atoms with E-state index in [1.165, 1.54) is 19.3 Å². The first-order valence-corrected chi connectivity index (χ1v) is 10.5. The van der Waals surface area contributed by atoms with Crippen molar-refractivity contribution in [3.05, 3.63) is 17.7 Å². The summed E-state index contributed by atoms with van der Waals surface area (Å²) in [5, 5.41) is 3.72. The Labute approximate surface area is 166 Å². The first kappa shape index (κ1) is 19.4. The van der Waals surface area contributed by atoms with E-state index in [0.717, 1.165) is 37.3 Å². The van der Waals surface area contributed by atoms with Crippen LogP contribution in [-0.2, 0) is 21.5 Å². The number of nitrogens with zero attached hydrogens (tertiary/aromatic N) is 4. The number of carbonyl (C=O) groups is 2. The van der Waals surface area contributed by atoms with Crippen molar-refractivity contribution in [2.24, 2.45) is 0 Å². The molecular weight excluding hydrogens is 356 g/mol. The number of H-pyrrole nitrogens is 1. The Morgan fingerprint density at radius 2 is 1.89 bits per heavy atom. The van der Waals surface area contributed by atoms with Crippen LogP contribution in [0.1, 0.15) is 43.5 Å². The summed E-state index contributed by atoms with van der Waals surface area (Å²) in [6, 6.07) is -0.194. The highest BCUT2D eigenvalue weighted by Crippen LogP contribution is 2.40. The van der Waals surface area contributed by atoms with E-state index < -0.39 is 0 Å². The lowest BCUT2D eigenvalue weighted by atomic mass is 9.75. The van der Waals surface area contributed by atoms with Crippen LogP contribution in [0.5, 0.6) is 0 Å². The number of aromatic nitrogens is 2. The van der Waals surface area contributed by atoms with Gasteiger partial charge in [-0.3, -0.25) is 19.8 Å². The molecule has 4 rings (SSSR count). The normalized spacial score (nSPS) is 24.8. The molecule has 0 aromatic carbocycles. The molecule has 1 atom stereocenters. The maximum absolute atomic E-state index is 13.3. The molecule has 1 aliphatic carbocycles. The molecule has 2 fully saturated rings.